The first-order valence-electron chi connectivity index (χ1n) is 25.8. The molecule has 0 saturated heterocycles. The molecular weight excluding hydrogens is 728 g/mol. The highest BCUT2D eigenvalue weighted by molar-refractivity contribution is 7.33. The van der Waals surface area contributed by atoms with E-state index >= 15 is 0 Å². The Morgan fingerprint density at radius 2 is 0.966 bits per heavy atom. The number of hydrogen-bond donors (Lipinski definition) is 0. The molecule has 3 nitrogen and oxygen atoms in total. The van der Waals surface area contributed by atoms with Crippen molar-refractivity contribution < 1.29 is 13.6 Å². The van der Waals surface area contributed by atoms with Gasteiger partial charge in [0.1, 0.15) is 0 Å². The van der Waals surface area contributed by atoms with Crippen LogP contribution < -0.4 is 0 Å². The highest BCUT2D eigenvalue weighted by Gasteiger charge is 2.61. The van der Waals surface area contributed by atoms with Crippen molar-refractivity contribution in [3.05, 3.63) is 23.3 Å². The predicted molar refractivity (Wildman–Crippen MR) is 245 cm³/mol. The lowest BCUT2D eigenvalue weighted by Crippen LogP contribution is -2.51. The quantitative estimate of drug-likeness (QED) is 0.129. The molecule has 0 radical (unpaired) electrons. The van der Waals surface area contributed by atoms with Crippen LogP contribution in [0.3, 0.4) is 0 Å². The van der Waals surface area contributed by atoms with Gasteiger partial charge in [-0.3, -0.25) is 4.57 Å². The highest BCUT2D eigenvalue weighted by atomic mass is 31.1. The number of allylic oxidation sites excluding steroid dienone is 2. The fraction of sp³-hybridized carbons (Fsp3) is 0.926. The molecule has 6 fully saturated rings. The van der Waals surface area contributed by atoms with Crippen LogP contribution in [0.25, 0.3) is 0 Å². The number of rotatable bonds is 14. The van der Waals surface area contributed by atoms with E-state index in [4.69, 9.17) is 9.05 Å². The second kappa shape index (κ2) is 17.3. The summed E-state index contributed by atoms with van der Waals surface area (Å²) in [5.41, 5.74) is 4.92. The topological polar surface area (TPSA) is 35.5 Å². The van der Waals surface area contributed by atoms with Crippen LogP contribution in [-0.2, 0) is 13.6 Å². The molecule has 8 aliphatic rings. The lowest BCUT2D eigenvalue weighted by molar-refractivity contribution is -0.0587. The Bertz CT molecular complexity index is 1420. The monoisotopic (exact) mass is 819 g/mol. The average molecular weight is 819 g/mol. The van der Waals surface area contributed by atoms with Crippen LogP contribution >= 0.6 is 8.25 Å². The molecule has 0 bridgehead atoms. The van der Waals surface area contributed by atoms with E-state index in [1.54, 1.807) is 11.1 Å². The molecule has 4 unspecified atom stereocenters. The molecule has 6 saturated carbocycles. The lowest BCUT2D eigenvalue weighted by atomic mass is 9.47. The van der Waals surface area contributed by atoms with Crippen molar-refractivity contribution in [1.29, 1.82) is 0 Å². The van der Waals surface area contributed by atoms with Gasteiger partial charge in [-0.15, -0.1) is 0 Å². The summed E-state index contributed by atoms with van der Waals surface area (Å²) in [6.45, 7) is 25.4. The van der Waals surface area contributed by atoms with Crippen molar-refractivity contribution >= 4 is 8.25 Å². The van der Waals surface area contributed by atoms with E-state index in [1.807, 2.05) is 0 Å². The Kier molecular flexibility index (Phi) is 13.2. The Labute approximate surface area is 359 Å². The lowest BCUT2D eigenvalue weighted by Gasteiger charge is -2.58. The Morgan fingerprint density at radius 3 is 1.36 bits per heavy atom. The minimum Gasteiger partial charge on any atom is -0.307 e. The summed E-state index contributed by atoms with van der Waals surface area (Å²) in [7, 11) is -2.54. The summed E-state index contributed by atoms with van der Waals surface area (Å²) in [5, 5.41) is 0. The molecule has 0 heterocycles. The van der Waals surface area contributed by atoms with Crippen LogP contribution in [0.15, 0.2) is 23.3 Å². The van der Waals surface area contributed by atoms with Gasteiger partial charge in [0.25, 0.3) is 0 Å². The molecule has 0 spiro atoms. The minimum absolute atomic E-state index is 0.0480. The van der Waals surface area contributed by atoms with Crippen molar-refractivity contribution in [2.45, 2.75) is 223 Å². The van der Waals surface area contributed by atoms with E-state index < -0.39 is 8.25 Å². The fourth-order valence-electron chi connectivity index (χ4n) is 17.8. The van der Waals surface area contributed by atoms with E-state index in [2.05, 4.69) is 81.4 Å². The normalized spacial score (nSPS) is 46.2. The van der Waals surface area contributed by atoms with Gasteiger partial charge in [-0.2, -0.15) is 0 Å². The SMILES string of the molecule is CC(C)CCC[C@@H](C)[C@H]1CCC2[C@@H]3CC=C4C[C@@H](O[PH](=O)O[C@H]5CC[C@@]6(C)C(=CC[C@@H]7C6CC[C@@]6(C)C7CC[C@@H]6[C@H](C)CCCC(C)C)C5)CC[C@]4(C)C3CC[C@@]21C. The fourth-order valence-corrected chi connectivity index (χ4v) is 18.8. The zero-order chi connectivity index (χ0) is 41.2. The molecule has 58 heavy (non-hydrogen) atoms. The van der Waals surface area contributed by atoms with E-state index in [-0.39, 0.29) is 12.2 Å². The first-order valence-corrected chi connectivity index (χ1v) is 27.1. The van der Waals surface area contributed by atoms with Crippen LogP contribution in [-0.4, -0.2) is 12.2 Å². The largest absolute Gasteiger partial charge is 0.319 e. The van der Waals surface area contributed by atoms with E-state index in [1.165, 1.54) is 116 Å². The van der Waals surface area contributed by atoms with Crippen LogP contribution in [0.4, 0.5) is 0 Å². The maximum atomic E-state index is 13.7. The van der Waals surface area contributed by atoms with Gasteiger partial charge in [-0.1, -0.05) is 131 Å². The van der Waals surface area contributed by atoms with Crippen molar-refractivity contribution in [2.75, 3.05) is 0 Å². The molecule has 0 amide bonds. The van der Waals surface area contributed by atoms with Gasteiger partial charge < -0.3 is 9.05 Å². The van der Waals surface area contributed by atoms with E-state index in [0.29, 0.717) is 21.7 Å². The number of hydrogen-bond acceptors (Lipinski definition) is 3. The van der Waals surface area contributed by atoms with E-state index in [9.17, 15) is 4.57 Å². The third-order valence-electron chi connectivity index (χ3n) is 21.0. The van der Waals surface area contributed by atoms with Gasteiger partial charge in [0.05, 0.1) is 12.2 Å². The van der Waals surface area contributed by atoms with Crippen LogP contribution in [0, 0.1) is 92.7 Å². The summed E-state index contributed by atoms with van der Waals surface area (Å²) in [6.07, 6.45) is 34.3. The van der Waals surface area contributed by atoms with Gasteiger partial charge in [0.2, 0.25) is 0 Å². The standard InChI is InChI=1S/C54H91O3P/c1-35(2)13-11-15-37(5)45-21-23-47-43-19-17-39-33-41(25-29-51(39,7)49(43)27-31-53(45,47)9)56-58(55)57-42-26-30-52(8)40(34-42)18-20-44-48-24-22-46(38(6)16-12-14-36(3)4)54(48,10)32-28-50(44)52/h17-18,35-38,41-50,58H,11-16,19-34H2,1-10H3/t37-,38-,41+,42+,43+,44+,45-,46-,47?,48?,49?,50?,51+,52+,53-,54-/m1/s1. The van der Waals surface area contributed by atoms with Gasteiger partial charge >= 0.3 is 8.25 Å². The zero-order valence-corrected chi connectivity index (χ0v) is 40.5. The summed E-state index contributed by atoms with van der Waals surface area (Å²) >= 11 is 0. The smallest absolute Gasteiger partial charge is 0.307 e. The molecule has 16 atom stereocenters. The second-order valence-corrected chi connectivity index (χ2v) is 25.8. The van der Waals surface area contributed by atoms with Gasteiger partial charge in [0, 0.05) is 0 Å². The van der Waals surface area contributed by atoms with Crippen molar-refractivity contribution in [2.24, 2.45) is 92.7 Å². The third kappa shape index (κ3) is 8.05. The van der Waals surface area contributed by atoms with Gasteiger partial charge in [-0.25, -0.2) is 0 Å². The molecule has 8 rings (SSSR count). The van der Waals surface area contributed by atoms with E-state index in [0.717, 1.165) is 96.7 Å². The molecule has 0 aromatic rings. The highest BCUT2D eigenvalue weighted by Crippen LogP contribution is 2.69. The molecule has 0 aromatic heterocycles. The molecule has 4 heteroatoms. The van der Waals surface area contributed by atoms with Crippen LogP contribution in [0.1, 0.15) is 210 Å². The summed E-state index contributed by atoms with van der Waals surface area (Å²) in [6, 6.07) is 0. The number of fused-ring (bicyclic) bond motifs is 10. The third-order valence-corrected chi connectivity index (χ3v) is 22.1. The summed E-state index contributed by atoms with van der Waals surface area (Å²) in [5.74, 6) is 10.3. The molecule has 0 aliphatic heterocycles. The molecule has 0 aromatic carbocycles. The average Bonchev–Trinajstić information content (AvgIpc) is 3.71. The first-order chi connectivity index (χ1) is 27.6. The maximum Gasteiger partial charge on any atom is 0.319 e. The van der Waals surface area contributed by atoms with Crippen molar-refractivity contribution in [3.63, 3.8) is 0 Å². The second-order valence-electron chi connectivity index (χ2n) is 24.8. The molecule has 330 valence electrons. The molecule has 0 N–H and O–H groups in total. The van der Waals surface area contributed by atoms with Crippen LogP contribution in [0.5, 0.6) is 0 Å². The Balaban J connectivity index is 0.837. The van der Waals surface area contributed by atoms with Gasteiger partial charge in [0.15, 0.2) is 0 Å². The summed E-state index contributed by atoms with van der Waals surface area (Å²) < 4.78 is 26.6. The van der Waals surface area contributed by atoms with Crippen molar-refractivity contribution in [1.82, 2.24) is 0 Å². The predicted octanol–water partition coefficient (Wildman–Crippen LogP) is 16.2. The first kappa shape index (κ1) is 44.2. The summed E-state index contributed by atoms with van der Waals surface area (Å²) in [4.78, 5) is 0. The van der Waals surface area contributed by atoms with Gasteiger partial charge in [-0.05, 0) is 195 Å². The van der Waals surface area contributed by atoms with Crippen molar-refractivity contribution in [3.8, 4) is 0 Å². The zero-order valence-electron chi connectivity index (χ0n) is 39.5. The Hall–Kier alpha value is -0.370. The maximum absolute atomic E-state index is 13.7. The van der Waals surface area contributed by atoms with Crippen LogP contribution in [0.2, 0.25) is 0 Å². The Morgan fingerprint density at radius 1 is 0.552 bits per heavy atom. The molecular formula is C54H91O3P. The minimum atomic E-state index is -2.54. The molecule has 8 aliphatic carbocycles.